The van der Waals surface area contributed by atoms with Gasteiger partial charge in [0.15, 0.2) is 0 Å². The van der Waals surface area contributed by atoms with Crippen LogP contribution in [0.15, 0.2) is 41.6 Å². The number of hydrogen-bond acceptors (Lipinski definition) is 4. The van der Waals surface area contributed by atoms with Gasteiger partial charge in [0.2, 0.25) is 10.0 Å². The molecule has 5 nitrogen and oxygen atoms in total. The smallest absolute Gasteiger partial charge is 0.243 e. The minimum Gasteiger partial charge on any atom is -0.392 e. The van der Waals surface area contributed by atoms with Crippen molar-refractivity contribution in [1.29, 1.82) is 0 Å². The lowest BCUT2D eigenvalue weighted by molar-refractivity contribution is 0.162. The second kappa shape index (κ2) is 8.55. The lowest BCUT2D eigenvalue weighted by Gasteiger charge is -2.24. The van der Waals surface area contributed by atoms with E-state index in [2.05, 4.69) is 11.9 Å². The number of unbranched alkanes of at least 4 members (excludes halogenated alkanes) is 3. The number of pyridine rings is 1. The van der Waals surface area contributed by atoms with E-state index in [1.807, 2.05) is 6.07 Å². The van der Waals surface area contributed by atoms with E-state index in [4.69, 9.17) is 0 Å². The summed E-state index contributed by atoms with van der Waals surface area (Å²) in [6.07, 6.45) is 6.52. The van der Waals surface area contributed by atoms with E-state index in [0.29, 0.717) is 11.9 Å². The van der Waals surface area contributed by atoms with Crippen LogP contribution in [0.4, 0.5) is 0 Å². The first-order valence-corrected chi connectivity index (χ1v) is 9.91. The third-order valence-electron chi connectivity index (χ3n) is 3.99. The SMILES string of the molecule is CCCCCCN(CC(C)O)S(=O)(=O)c1cccc2cnccc12. The zero-order valence-corrected chi connectivity index (χ0v) is 15.2. The normalized spacial score (nSPS) is 13.5. The molecule has 1 aromatic carbocycles. The number of rotatable bonds is 9. The molecule has 0 radical (unpaired) electrons. The monoisotopic (exact) mass is 350 g/mol. The average Bonchev–Trinajstić information content (AvgIpc) is 2.56. The second-order valence-corrected chi connectivity index (χ2v) is 8.03. The Morgan fingerprint density at radius 1 is 1.21 bits per heavy atom. The molecule has 24 heavy (non-hydrogen) atoms. The summed E-state index contributed by atoms with van der Waals surface area (Å²) in [5.41, 5.74) is 0. The zero-order valence-electron chi connectivity index (χ0n) is 14.4. The van der Waals surface area contributed by atoms with E-state index in [1.54, 1.807) is 37.5 Å². The van der Waals surface area contributed by atoms with Crippen molar-refractivity contribution in [3.63, 3.8) is 0 Å². The van der Waals surface area contributed by atoms with Crippen LogP contribution in [0.2, 0.25) is 0 Å². The highest BCUT2D eigenvalue weighted by molar-refractivity contribution is 7.89. The number of nitrogens with zero attached hydrogens (tertiary/aromatic N) is 2. The first-order chi connectivity index (χ1) is 11.5. The molecule has 0 spiro atoms. The predicted molar refractivity (Wildman–Crippen MR) is 96.3 cm³/mol. The molecular formula is C18H26N2O3S. The molecule has 1 unspecified atom stereocenters. The van der Waals surface area contributed by atoms with Gasteiger partial charge in [-0.05, 0) is 25.5 Å². The van der Waals surface area contributed by atoms with Gasteiger partial charge in [-0.3, -0.25) is 4.98 Å². The van der Waals surface area contributed by atoms with Gasteiger partial charge in [0.1, 0.15) is 0 Å². The molecule has 0 aliphatic rings. The van der Waals surface area contributed by atoms with E-state index >= 15 is 0 Å². The summed E-state index contributed by atoms with van der Waals surface area (Å²) in [5, 5.41) is 11.2. The topological polar surface area (TPSA) is 70.5 Å². The van der Waals surface area contributed by atoms with Crippen molar-refractivity contribution < 1.29 is 13.5 Å². The van der Waals surface area contributed by atoms with Gasteiger partial charge in [-0.1, -0.05) is 38.3 Å². The van der Waals surface area contributed by atoms with Crippen molar-refractivity contribution in [2.45, 2.75) is 50.5 Å². The Kier molecular flexibility index (Phi) is 6.71. The molecule has 0 aliphatic heterocycles. The molecule has 0 fully saturated rings. The summed E-state index contributed by atoms with van der Waals surface area (Å²) in [6.45, 7) is 4.26. The number of aliphatic hydroxyl groups is 1. The van der Waals surface area contributed by atoms with Gasteiger partial charge < -0.3 is 5.11 Å². The molecule has 2 aromatic rings. The summed E-state index contributed by atoms with van der Waals surface area (Å²) < 4.78 is 27.7. The molecule has 6 heteroatoms. The van der Waals surface area contributed by atoms with Crippen LogP contribution in [-0.2, 0) is 10.0 Å². The Balaban J connectivity index is 2.34. The van der Waals surface area contributed by atoms with Crippen LogP contribution in [0.1, 0.15) is 39.5 Å². The van der Waals surface area contributed by atoms with Crippen molar-refractivity contribution in [2.75, 3.05) is 13.1 Å². The Hall–Kier alpha value is -1.50. The van der Waals surface area contributed by atoms with Crippen LogP contribution in [0.5, 0.6) is 0 Å². The molecular weight excluding hydrogens is 324 g/mol. The van der Waals surface area contributed by atoms with Gasteiger partial charge in [-0.15, -0.1) is 0 Å². The second-order valence-electron chi connectivity index (χ2n) is 6.13. The number of aliphatic hydroxyl groups excluding tert-OH is 1. The number of benzene rings is 1. The third kappa shape index (κ3) is 4.53. The lowest BCUT2D eigenvalue weighted by atomic mass is 10.2. The molecule has 1 N–H and O–H groups in total. The first-order valence-electron chi connectivity index (χ1n) is 8.47. The van der Waals surface area contributed by atoms with E-state index in [-0.39, 0.29) is 11.4 Å². The van der Waals surface area contributed by atoms with Crippen LogP contribution >= 0.6 is 0 Å². The predicted octanol–water partition coefficient (Wildman–Crippen LogP) is 3.19. The maximum absolute atomic E-state index is 13.1. The minimum absolute atomic E-state index is 0.107. The molecule has 1 atom stereocenters. The maximum atomic E-state index is 13.1. The summed E-state index contributed by atoms with van der Waals surface area (Å²) >= 11 is 0. The fourth-order valence-corrected chi connectivity index (χ4v) is 4.55. The standard InChI is InChI=1S/C18H26N2O3S/c1-3-4-5-6-12-20(14-15(2)21)24(22,23)18-9-7-8-16-13-19-11-10-17(16)18/h7-11,13,15,21H,3-6,12,14H2,1-2H3. The Bertz CT molecular complexity index is 754. The summed E-state index contributed by atoms with van der Waals surface area (Å²) in [6, 6.07) is 6.93. The summed E-state index contributed by atoms with van der Waals surface area (Å²) in [7, 11) is -3.66. The Labute approximate surface area is 144 Å². The van der Waals surface area contributed by atoms with Crippen LogP contribution in [0.3, 0.4) is 0 Å². The molecule has 2 rings (SSSR count). The largest absolute Gasteiger partial charge is 0.392 e. The number of aromatic nitrogens is 1. The van der Waals surface area contributed by atoms with Gasteiger partial charge in [0, 0.05) is 36.3 Å². The molecule has 1 heterocycles. The molecule has 0 saturated carbocycles. The van der Waals surface area contributed by atoms with E-state index in [9.17, 15) is 13.5 Å². The van der Waals surface area contributed by atoms with Crippen molar-refractivity contribution in [2.24, 2.45) is 0 Å². The number of sulfonamides is 1. The molecule has 132 valence electrons. The first kappa shape index (κ1) is 18.8. The van der Waals surface area contributed by atoms with E-state index in [0.717, 1.165) is 31.1 Å². The average molecular weight is 350 g/mol. The highest BCUT2D eigenvalue weighted by Crippen LogP contribution is 2.25. The molecule has 0 aliphatic carbocycles. The van der Waals surface area contributed by atoms with Crippen molar-refractivity contribution in [3.8, 4) is 0 Å². The minimum atomic E-state index is -3.66. The molecule has 0 amide bonds. The molecule has 0 saturated heterocycles. The highest BCUT2D eigenvalue weighted by atomic mass is 32.2. The quantitative estimate of drug-likeness (QED) is 0.705. The van der Waals surface area contributed by atoms with Crippen LogP contribution < -0.4 is 0 Å². The van der Waals surface area contributed by atoms with Gasteiger partial charge in [-0.2, -0.15) is 4.31 Å². The van der Waals surface area contributed by atoms with Crippen LogP contribution in [-0.4, -0.2) is 42.0 Å². The van der Waals surface area contributed by atoms with Crippen molar-refractivity contribution >= 4 is 20.8 Å². The van der Waals surface area contributed by atoms with Crippen molar-refractivity contribution in [3.05, 3.63) is 36.7 Å². The lowest BCUT2D eigenvalue weighted by Crippen LogP contribution is -2.37. The Morgan fingerprint density at radius 3 is 2.71 bits per heavy atom. The maximum Gasteiger partial charge on any atom is 0.243 e. The van der Waals surface area contributed by atoms with Crippen LogP contribution in [0.25, 0.3) is 10.8 Å². The fourth-order valence-electron chi connectivity index (χ4n) is 2.78. The molecule has 1 aromatic heterocycles. The number of hydrogen-bond donors (Lipinski definition) is 1. The number of fused-ring (bicyclic) bond motifs is 1. The Morgan fingerprint density at radius 2 is 2.00 bits per heavy atom. The van der Waals surface area contributed by atoms with Crippen LogP contribution in [0, 0.1) is 0 Å². The fraction of sp³-hybridized carbons (Fsp3) is 0.500. The van der Waals surface area contributed by atoms with Crippen molar-refractivity contribution in [1.82, 2.24) is 9.29 Å². The molecule has 0 bridgehead atoms. The van der Waals surface area contributed by atoms with E-state index < -0.39 is 16.1 Å². The van der Waals surface area contributed by atoms with E-state index in [1.165, 1.54) is 4.31 Å². The summed E-state index contributed by atoms with van der Waals surface area (Å²) in [4.78, 5) is 4.33. The van der Waals surface area contributed by atoms with Gasteiger partial charge in [0.05, 0.1) is 11.0 Å². The summed E-state index contributed by atoms with van der Waals surface area (Å²) in [5.74, 6) is 0. The third-order valence-corrected chi connectivity index (χ3v) is 5.91. The zero-order chi connectivity index (χ0) is 17.6. The highest BCUT2D eigenvalue weighted by Gasteiger charge is 2.26. The van der Waals surface area contributed by atoms with Gasteiger partial charge in [0.25, 0.3) is 0 Å². The van der Waals surface area contributed by atoms with Gasteiger partial charge >= 0.3 is 0 Å². The van der Waals surface area contributed by atoms with Gasteiger partial charge in [-0.25, -0.2) is 8.42 Å².